The van der Waals surface area contributed by atoms with Gasteiger partial charge in [0.05, 0.1) is 33.3 Å². The van der Waals surface area contributed by atoms with Crippen LogP contribution in [0.5, 0.6) is 5.75 Å². The zero-order valence-corrected chi connectivity index (χ0v) is 17.9. The number of anilines is 1. The molecule has 4 aromatic rings. The van der Waals surface area contributed by atoms with Crippen molar-refractivity contribution in [2.45, 2.75) is 20.0 Å². The van der Waals surface area contributed by atoms with Crippen molar-refractivity contribution in [2.24, 2.45) is 0 Å². The van der Waals surface area contributed by atoms with Crippen LogP contribution in [0, 0.1) is 13.8 Å². The molecule has 1 atom stereocenters. The minimum atomic E-state index is -0.934. The molecule has 4 N–H and O–H groups in total. The van der Waals surface area contributed by atoms with Crippen molar-refractivity contribution in [3.8, 4) is 16.5 Å². The molecule has 2 heterocycles. The lowest BCUT2D eigenvalue weighted by molar-refractivity contribution is 0.0536. The van der Waals surface area contributed by atoms with Crippen molar-refractivity contribution in [2.75, 3.05) is 18.5 Å². The predicted octanol–water partition coefficient (Wildman–Crippen LogP) is 3.29. The second-order valence-corrected chi connectivity index (χ2v) is 8.26. The molecule has 1 amide bonds. The first-order valence-electron chi connectivity index (χ1n) is 9.71. The van der Waals surface area contributed by atoms with E-state index in [0.717, 1.165) is 21.1 Å². The molecule has 8 nitrogen and oxygen atoms in total. The van der Waals surface area contributed by atoms with E-state index in [1.54, 1.807) is 41.7 Å². The van der Waals surface area contributed by atoms with Crippen molar-refractivity contribution in [1.29, 1.82) is 0 Å². The number of H-pyrrole nitrogens is 1. The average molecular weight is 439 g/mol. The normalized spacial score (nSPS) is 12.1. The summed E-state index contributed by atoms with van der Waals surface area (Å²) < 4.78 is 5.38. The fourth-order valence-corrected chi connectivity index (χ4v) is 4.02. The number of nitrogens with zero attached hydrogens (tertiary/aromatic N) is 2. The molecule has 0 aliphatic carbocycles. The Hall–Kier alpha value is -3.27. The Morgan fingerprint density at radius 2 is 1.97 bits per heavy atom. The molecule has 2 aromatic heterocycles. The Bertz CT molecular complexity index is 1220. The number of carbonyl (C=O) groups excluding carboxylic acids is 1. The first-order chi connectivity index (χ1) is 14.9. The maximum atomic E-state index is 12.9. The smallest absolute Gasteiger partial charge is 0.257 e. The molecule has 0 aliphatic heterocycles. The second-order valence-electron chi connectivity index (χ2n) is 7.06. The SMILES string of the molecule is Cc1nc(C)c(-c2nc3c(C(=O)Nc4ccc(OCC(O)CO)cc4)cccc3[nH]2)s1. The number of aromatic amines is 1. The van der Waals surface area contributed by atoms with Crippen LogP contribution in [-0.4, -0.2) is 50.4 Å². The Balaban J connectivity index is 1.53. The Morgan fingerprint density at radius 3 is 2.65 bits per heavy atom. The number of aliphatic hydroxyl groups is 2. The van der Waals surface area contributed by atoms with Crippen LogP contribution in [0.2, 0.25) is 0 Å². The number of thiazole rings is 1. The number of rotatable bonds is 7. The highest BCUT2D eigenvalue weighted by Crippen LogP contribution is 2.30. The lowest BCUT2D eigenvalue weighted by Gasteiger charge is -2.11. The molecule has 4 rings (SSSR count). The standard InChI is InChI=1S/C22H22N4O4S/c1-12-20(31-13(2)23-12)21-25-18-5-3-4-17(19(18)26-21)22(29)24-14-6-8-16(9-7-14)30-11-15(28)10-27/h3-9,15,27-28H,10-11H2,1-2H3,(H,24,29)(H,25,26). The zero-order valence-electron chi connectivity index (χ0n) is 17.0. The number of aliphatic hydroxyl groups excluding tert-OH is 2. The molecule has 0 radical (unpaired) electrons. The molecular weight excluding hydrogens is 416 g/mol. The number of fused-ring (bicyclic) bond motifs is 1. The molecule has 0 bridgehead atoms. The maximum absolute atomic E-state index is 12.9. The Morgan fingerprint density at radius 1 is 1.19 bits per heavy atom. The molecule has 31 heavy (non-hydrogen) atoms. The van der Waals surface area contributed by atoms with Crippen LogP contribution in [0.1, 0.15) is 21.1 Å². The second kappa shape index (κ2) is 8.84. The van der Waals surface area contributed by atoms with Gasteiger partial charge in [-0.3, -0.25) is 4.79 Å². The fourth-order valence-electron chi connectivity index (χ4n) is 3.15. The molecule has 0 saturated heterocycles. The highest BCUT2D eigenvalue weighted by molar-refractivity contribution is 7.15. The molecule has 0 fully saturated rings. The third-order valence-corrected chi connectivity index (χ3v) is 5.72. The highest BCUT2D eigenvalue weighted by atomic mass is 32.1. The summed E-state index contributed by atoms with van der Waals surface area (Å²) in [6.45, 7) is 3.52. The number of hydrogen-bond donors (Lipinski definition) is 4. The summed E-state index contributed by atoms with van der Waals surface area (Å²) in [4.78, 5) is 26.3. The van der Waals surface area contributed by atoms with Gasteiger partial charge in [-0.1, -0.05) is 6.07 Å². The quantitative estimate of drug-likeness (QED) is 0.351. The van der Waals surface area contributed by atoms with E-state index in [0.29, 0.717) is 28.3 Å². The minimum Gasteiger partial charge on any atom is -0.491 e. The fraction of sp³-hybridized carbons (Fsp3) is 0.227. The van der Waals surface area contributed by atoms with E-state index in [9.17, 15) is 9.90 Å². The monoisotopic (exact) mass is 438 g/mol. The Labute approximate surface area is 182 Å². The summed E-state index contributed by atoms with van der Waals surface area (Å²) in [5.74, 6) is 0.954. The molecule has 160 valence electrons. The number of aryl methyl sites for hydroxylation is 2. The zero-order chi connectivity index (χ0) is 22.0. The van der Waals surface area contributed by atoms with Gasteiger partial charge in [-0.2, -0.15) is 0 Å². The summed E-state index contributed by atoms with van der Waals surface area (Å²) in [5, 5.41) is 22.0. The number of para-hydroxylation sites is 1. The molecular formula is C22H22N4O4S. The maximum Gasteiger partial charge on any atom is 0.257 e. The van der Waals surface area contributed by atoms with Gasteiger partial charge in [-0.05, 0) is 50.2 Å². The minimum absolute atomic E-state index is 0.00947. The number of nitrogens with one attached hydrogen (secondary N) is 2. The number of aromatic nitrogens is 3. The third kappa shape index (κ3) is 4.58. The van der Waals surface area contributed by atoms with Crippen LogP contribution in [0.4, 0.5) is 5.69 Å². The summed E-state index contributed by atoms with van der Waals surface area (Å²) in [5.41, 5.74) is 3.34. The van der Waals surface area contributed by atoms with E-state index >= 15 is 0 Å². The van der Waals surface area contributed by atoms with E-state index in [1.165, 1.54) is 0 Å². The highest BCUT2D eigenvalue weighted by Gasteiger charge is 2.17. The summed E-state index contributed by atoms with van der Waals surface area (Å²) in [6.07, 6.45) is -0.934. The molecule has 1 unspecified atom stereocenters. The van der Waals surface area contributed by atoms with Gasteiger partial charge in [0.2, 0.25) is 0 Å². The number of benzene rings is 2. The topological polar surface area (TPSA) is 120 Å². The lowest BCUT2D eigenvalue weighted by atomic mass is 10.1. The molecule has 9 heteroatoms. The van der Waals surface area contributed by atoms with Crippen LogP contribution in [-0.2, 0) is 0 Å². The summed E-state index contributed by atoms with van der Waals surface area (Å²) in [7, 11) is 0. The van der Waals surface area contributed by atoms with E-state index in [4.69, 9.17) is 9.84 Å². The first-order valence-corrected chi connectivity index (χ1v) is 10.5. The van der Waals surface area contributed by atoms with Gasteiger partial charge in [-0.25, -0.2) is 9.97 Å². The van der Waals surface area contributed by atoms with Crippen LogP contribution >= 0.6 is 11.3 Å². The number of amides is 1. The lowest BCUT2D eigenvalue weighted by Crippen LogP contribution is -2.21. The van der Waals surface area contributed by atoms with Gasteiger partial charge >= 0.3 is 0 Å². The van der Waals surface area contributed by atoms with Crippen LogP contribution in [0.15, 0.2) is 42.5 Å². The number of carbonyl (C=O) groups is 1. The average Bonchev–Trinajstić information content (AvgIpc) is 3.34. The van der Waals surface area contributed by atoms with Gasteiger partial charge in [0.25, 0.3) is 5.91 Å². The number of ether oxygens (including phenoxy) is 1. The first kappa shape index (κ1) is 21.0. The largest absolute Gasteiger partial charge is 0.491 e. The van der Waals surface area contributed by atoms with Gasteiger partial charge in [0.1, 0.15) is 24.0 Å². The van der Waals surface area contributed by atoms with Crippen LogP contribution in [0.3, 0.4) is 0 Å². The Kier molecular flexibility index (Phi) is 5.99. The molecule has 0 saturated carbocycles. The molecule has 2 aromatic carbocycles. The summed E-state index contributed by atoms with van der Waals surface area (Å²) in [6, 6.07) is 12.2. The third-order valence-electron chi connectivity index (χ3n) is 4.64. The van der Waals surface area contributed by atoms with E-state index in [1.807, 2.05) is 26.0 Å². The van der Waals surface area contributed by atoms with Crippen LogP contribution < -0.4 is 10.1 Å². The van der Waals surface area contributed by atoms with Crippen molar-refractivity contribution < 1.29 is 19.7 Å². The summed E-state index contributed by atoms with van der Waals surface area (Å²) >= 11 is 1.56. The van der Waals surface area contributed by atoms with Gasteiger partial charge < -0.3 is 25.3 Å². The van der Waals surface area contributed by atoms with Crippen molar-refractivity contribution in [3.05, 3.63) is 58.7 Å². The van der Waals surface area contributed by atoms with E-state index in [2.05, 4.69) is 20.3 Å². The van der Waals surface area contributed by atoms with Gasteiger partial charge in [0, 0.05) is 5.69 Å². The van der Waals surface area contributed by atoms with Crippen LogP contribution in [0.25, 0.3) is 21.7 Å². The van der Waals surface area contributed by atoms with Gasteiger partial charge in [-0.15, -0.1) is 11.3 Å². The van der Waals surface area contributed by atoms with Gasteiger partial charge in [0.15, 0.2) is 5.82 Å². The van der Waals surface area contributed by atoms with Crippen molar-refractivity contribution in [1.82, 2.24) is 15.0 Å². The molecule has 0 spiro atoms. The number of hydrogen-bond acceptors (Lipinski definition) is 7. The van der Waals surface area contributed by atoms with E-state index in [-0.39, 0.29) is 19.1 Å². The van der Waals surface area contributed by atoms with E-state index < -0.39 is 6.10 Å². The van der Waals surface area contributed by atoms with Crippen molar-refractivity contribution in [3.63, 3.8) is 0 Å². The number of imidazole rings is 1. The van der Waals surface area contributed by atoms with Crippen molar-refractivity contribution >= 4 is 34.0 Å². The predicted molar refractivity (Wildman–Crippen MR) is 120 cm³/mol. The molecule has 0 aliphatic rings.